The highest BCUT2D eigenvalue weighted by atomic mass is 16.5. The van der Waals surface area contributed by atoms with Gasteiger partial charge in [-0.05, 0) is 24.1 Å². The van der Waals surface area contributed by atoms with Crippen molar-refractivity contribution in [2.75, 3.05) is 6.54 Å². The highest BCUT2D eigenvalue weighted by Gasteiger charge is 2.22. The van der Waals surface area contributed by atoms with Crippen molar-refractivity contribution in [2.24, 2.45) is 11.7 Å². The maximum atomic E-state index is 12.2. The molecular formula is C18H21NO2. The van der Waals surface area contributed by atoms with E-state index in [0.717, 1.165) is 11.1 Å². The average Bonchev–Trinajstić information content (AvgIpc) is 2.54. The topological polar surface area (TPSA) is 52.3 Å². The van der Waals surface area contributed by atoms with Gasteiger partial charge in [-0.15, -0.1) is 0 Å². The minimum atomic E-state index is -0.375. The molecule has 0 bridgehead atoms. The van der Waals surface area contributed by atoms with E-state index < -0.39 is 0 Å². The van der Waals surface area contributed by atoms with Crippen LogP contribution >= 0.6 is 0 Å². The third-order valence-corrected chi connectivity index (χ3v) is 3.44. The van der Waals surface area contributed by atoms with Gasteiger partial charge >= 0.3 is 5.97 Å². The van der Waals surface area contributed by atoms with Gasteiger partial charge in [-0.2, -0.15) is 0 Å². The van der Waals surface area contributed by atoms with Gasteiger partial charge in [0.2, 0.25) is 0 Å². The van der Waals surface area contributed by atoms with Crippen LogP contribution in [0.1, 0.15) is 30.6 Å². The zero-order valence-corrected chi connectivity index (χ0v) is 12.2. The lowest BCUT2D eigenvalue weighted by Gasteiger charge is -2.21. The van der Waals surface area contributed by atoms with Crippen LogP contribution in [-0.2, 0) is 9.53 Å². The first-order valence-electron chi connectivity index (χ1n) is 7.23. The molecular weight excluding hydrogens is 262 g/mol. The summed E-state index contributed by atoms with van der Waals surface area (Å²) in [7, 11) is 0. The SMILES string of the molecule is CC(CCN)C(=O)OC(c1ccccc1)c1ccccc1. The third kappa shape index (κ3) is 4.17. The molecule has 0 saturated carbocycles. The quantitative estimate of drug-likeness (QED) is 0.828. The van der Waals surface area contributed by atoms with Gasteiger partial charge in [-0.25, -0.2) is 0 Å². The molecule has 0 spiro atoms. The lowest BCUT2D eigenvalue weighted by molar-refractivity contribution is -0.152. The lowest BCUT2D eigenvalue weighted by Crippen LogP contribution is -2.21. The smallest absolute Gasteiger partial charge is 0.309 e. The molecule has 0 radical (unpaired) electrons. The molecule has 21 heavy (non-hydrogen) atoms. The minimum Gasteiger partial charge on any atom is -0.452 e. The number of hydrogen-bond acceptors (Lipinski definition) is 3. The molecule has 1 unspecified atom stereocenters. The van der Waals surface area contributed by atoms with Crippen molar-refractivity contribution in [1.29, 1.82) is 0 Å². The number of carbonyl (C=O) groups excluding carboxylic acids is 1. The van der Waals surface area contributed by atoms with E-state index in [4.69, 9.17) is 10.5 Å². The Labute approximate surface area is 125 Å². The first-order chi connectivity index (χ1) is 10.2. The van der Waals surface area contributed by atoms with E-state index in [9.17, 15) is 4.79 Å². The van der Waals surface area contributed by atoms with E-state index >= 15 is 0 Å². The van der Waals surface area contributed by atoms with Crippen LogP contribution in [0.3, 0.4) is 0 Å². The molecule has 3 nitrogen and oxygen atoms in total. The van der Waals surface area contributed by atoms with Crippen molar-refractivity contribution in [1.82, 2.24) is 0 Å². The summed E-state index contributed by atoms with van der Waals surface area (Å²) in [6, 6.07) is 19.6. The van der Waals surface area contributed by atoms with E-state index in [1.54, 1.807) is 0 Å². The summed E-state index contributed by atoms with van der Waals surface area (Å²) in [5, 5.41) is 0. The van der Waals surface area contributed by atoms with E-state index in [1.165, 1.54) is 0 Å². The highest BCUT2D eigenvalue weighted by Crippen LogP contribution is 2.27. The van der Waals surface area contributed by atoms with Gasteiger partial charge in [0.05, 0.1) is 5.92 Å². The van der Waals surface area contributed by atoms with Gasteiger partial charge in [0, 0.05) is 0 Å². The molecule has 0 aliphatic heterocycles. The molecule has 3 heteroatoms. The summed E-state index contributed by atoms with van der Waals surface area (Å²) < 4.78 is 5.74. The molecule has 110 valence electrons. The second-order valence-corrected chi connectivity index (χ2v) is 5.12. The molecule has 0 heterocycles. The Hall–Kier alpha value is -2.13. The zero-order chi connectivity index (χ0) is 15.1. The molecule has 1 atom stereocenters. The summed E-state index contributed by atoms with van der Waals surface area (Å²) in [6.07, 6.45) is 0.259. The van der Waals surface area contributed by atoms with Gasteiger partial charge in [0.1, 0.15) is 0 Å². The van der Waals surface area contributed by atoms with Crippen LogP contribution in [0.5, 0.6) is 0 Å². The molecule has 2 aromatic carbocycles. The van der Waals surface area contributed by atoms with Crippen LogP contribution in [0.25, 0.3) is 0 Å². The molecule has 0 saturated heterocycles. The van der Waals surface area contributed by atoms with Crippen molar-refractivity contribution in [3.63, 3.8) is 0 Å². The molecule has 2 aromatic rings. The fourth-order valence-electron chi connectivity index (χ4n) is 2.18. The van der Waals surface area contributed by atoms with Crippen molar-refractivity contribution in [3.8, 4) is 0 Å². The second-order valence-electron chi connectivity index (χ2n) is 5.12. The Morgan fingerprint density at radius 1 is 1.00 bits per heavy atom. The maximum Gasteiger partial charge on any atom is 0.309 e. The monoisotopic (exact) mass is 283 g/mol. The molecule has 0 aliphatic rings. The molecule has 2 N–H and O–H groups in total. The Bertz CT molecular complexity index is 514. The summed E-state index contributed by atoms with van der Waals surface area (Å²) in [6.45, 7) is 2.33. The molecule has 2 rings (SSSR count). The van der Waals surface area contributed by atoms with Crippen LogP contribution < -0.4 is 5.73 Å². The van der Waals surface area contributed by atoms with Gasteiger partial charge in [-0.1, -0.05) is 67.6 Å². The summed E-state index contributed by atoms with van der Waals surface area (Å²) in [4.78, 5) is 12.2. The van der Waals surface area contributed by atoms with Crippen LogP contribution in [-0.4, -0.2) is 12.5 Å². The summed E-state index contributed by atoms with van der Waals surface area (Å²) >= 11 is 0. The Morgan fingerprint density at radius 2 is 1.48 bits per heavy atom. The molecule has 0 aliphatic carbocycles. The number of rotatable bonds is 6. The van der Waals surface area contributed by atoms with Gasteiger partial charge in [0.15, 0.2) is 6.10 Å². The molecule has 0 aromatic heterocycles. The number of nitrogens with two attached hydrogens (primary N) is 1. The van der Waals surface area contributed by atoms with Crippen LogP contribution in [0.4, 0.5) is 0 Å². The average molecular weight is 283 g/mol. The predicted octanol–water partition coefficient (Wildman–Crippen LogP) is 3.30. The van der Waals surface area contributed by atoms with Gasteiger partial charge < -0.3 is 10.5 Å². The first-order valence-corrected chi connectivity index (χ1v) is 7.23. The fraction of sp³-hybridized carbons (Fsp3) is 0.278. The summed E-state index contributed by atoms with van der Waals surface area (Å²) in [5.74, 6) is -0.400. The van der Waals surface area contributed by atoms with Crippen molar-refractivity contribution >= 4 is 5.97 Å². The van der Waals surface area contributed by atoms with Crippen molar-refractivity contribution < 1.29 is 9.53 Å². The standard InChI is InChI=1S/C18H21NO2/c1-14(12-13-19)18(20)21-17(15-8-4-2-5-9-15)16-10-6-3-7-11-16/h2-11,14,17H,12-13,19H2,1H3. The predicted molar refractivity (Wildman–Crippen MR) is 83.7 cm³/mol. The summed E-state index contributed by atoms with van der Waals surface area (Å²) in [5.41, 5.74) is 7.45. The molecule has 0 fully saturated rings. The van der Waals surface area contributed by atoms with Crippen molar-refractivity contribution in [3.05, 3.63) is 71.8 Å². The van der Waals surface area contributed by atoms with Crippen molar-refractivity contribution in [2.45, 2.75) is 19.4 Å². The van der Waals surface area contributed by atoms with E-state index in [1.807, 2.05) is 67.6 Å². The fourth-order valence-corrected chi connectivity index (χ4v) is 2.18. The Morgan fingerprint density at radius 3 is 1.90 bits per heavy atom. The number of esters is 1. The minimum absolute atomic E-state index is 0.190. The van der Waals surface area contributed by atoms with Gasteiger partial charge in [0.25, 0.3) is 0 Å². The first kappa shape index (κ1) is 15.3. The molecule has 0 amide bonds. The number of ether oxygens (including phenoxy) is 1. The Kier molecular flexibility index (Phi) is 5.52. The largest absolute Gasteiger partial charge is 0.452 e. The number of carbonyl (C=O) groups is 1. The van der Waals surface area contributed by atoms with E-state index in [2.05, 4.69) is 0 Å². The zero-order valence-electron chi connectivity index (χ0n) is 12.2. The van der Waals surface area contributed by atoms with E-state index in [0.29, 0.717) is 13.0 Å². The van der Waals surface area contributed by atoms with Crippen LogP contribution in [0.2, 0.25) is 0 Å². The lowest BCUT2D eigenvalue weighted by atomic mass is 10.0. The second kappa shape index (κ2) is 7.60. The normalized spacial score (nSPS) is 12.1. The van der Waals surface area contributed by atoms with E-state index in [-0.39, 0.29) is 18.0 Å². The number of hydrogen-bond donors (Lipinski definition) is 1. The van der Waals surface area contributed by atoms with Crippen LogP contribution in [0.15, 0.2) is 60.7 Å². The number of benzene rings is 2. The van der Waals surface area contributed by atoms with Crippen LogP contribution in [0, 0.1) is 5.92 Å². The third-order valence-electron chi connectivity index (χ3n) is 3.44. The Balaban J connectivity index is 2.23. The van der Waals surface area contributed by atoms with Gasteiger partial charge in [-0.3, -0.25) is 4.79 Å². The maximum absolute atomic E-state index is 12.2. The highest BCUT2D eigenvalue weighted by molar-refractivity contribution is 5.72.